The number of hydrogen-bond donors (Lipinski definition) is 4. The fraction of sp³-hybridized carbons (Fsp3) is 0. The summed E-state index contributed by atoms with van der Waals surface area (Å²) in [4.78, 5) is 7.81. The van der Waals surface area contributed by atoms with Crippen molar-refractivity contribution in [2.45, 2.75) is 0 Å². The van der Waals surface area contributed by atoms with Gasteiger partial charge >= 0.3 is 0 Å². The number of hydrogen-bond acceptors (Lipinski definition) is 6. The number of anilines is 4. The number of nitrogen functional groups attached to an aromatic ring is 2. The highest BCUT2D eigenvalue weighted by Crippen LogP contribution is 2.33. The molecule has 100 valence electrons. The molecule has 0 unspecified atom stereocenters. The van der Waals surface area contributed by atoms with Crippen molar-refractivity contribution in [2.75, 3.05) is 16.5 Å². The molecule has 0 amide bonds. The molecule has 0 saturated heterocycles. The second kappa shape index (κ2) is 5.55. The lowest BCUT2D eigenvalue weighted by molar-refractivity contribution is 0.627. The van der Waals surface area contributed by atoms with Crippen LogP contribution in [0.25, 0.3) is 0 Å². The van der Waals surface area contributed by atoms with Crippen LogP contribution in [0.1, 0.15) is 0 Å². The molecule has 6 nitrogen and oxygen atoms in total. The van der Waals surface area contributed by atoms with Gasteiger partial charge in [-0.3, -0.25) is 0 Å². The van der Waals surface area contributed by atoms with Crippen LogP contribution in [0.5, 0.6) is 0 Å². The summed E-state index contributed by atoms with van der Waals surface area (Å²) in [5.74, 6) is 5.54. The van der Waals surface area contributed by atoms with E-state index in [4.69, 9.17) is 23.2 Å². The van der Waals surface area contributed by atoms with E-state index in [9.17, 15) is 4.39 Å². The van der Waals surface area contributed by atoms with Crippen molar-refractivity contribution in [2.24, 2.45) is 5.84 Å². The summed E-state index contributed by atoms with van der Waals surface area (Å²) in [5, 5.41) is 3.11. The molecule has 0 aliphatic rings. The summed E-state index contributed by atoms with van der Waals surface area (Å²) in [5.41, 5.74) is 8.35. The normalized spacial score (nSPS) is 10.3. The molecule has 2 rings (SSSR count). The zero-order valence-corrected chi connectivity index (χ0v) is 11.8. The number of hydrazine groups is 1. The largest absolute Gasteiger partial charge is 0.368 e. The van der Waals surface area contributed by atoms with Crippen LogP contribution in [0.3, 0.4) is 0 Å². The van der Waals surface area contributed by atoms with Crippen LogP contribution < -0.4 is 22.3 Å². The van der Waals surface area contributed by atoms with Gasteiger partial charge in [0.25, 0.3) is 0 Å². The van der Waals surface area contributed by atoms with Crippen molar-refractivity contribution in [3.05, 3.63) is 33.5 Å². The molecule has 2 aromatic rings. The Bertz CT molecular complexity index is 600. The van der Waals surface area contributed by atoms with Crippen LogP contribution in [0.4, 0.5) is 27.7 Å². The number of nitrogens with two attached hydrogens (primary N) is 2. The first kappa shape index (κ1) is 13.8. The Morgan fingerprint density at radius 3 is 2.53 bits per heavy atom. The first-order valence-corrected chi connectivity index (χ1v) is 6.19. The summed E-state index contributed by atoms with van der Waals surface area (Å²) in [6, 6.07) is 3.99. The van der Waals surface area contributed by atoms with Crippen LogP contribution in [-0.4, -0.2) is 9.97 Å². The molecule has 9 heteroatoms. The third kappa shape index (κ3) is 3.22. The molecule has 6 N–H and O–H groups in total. The Morgan fingerprint density at radius 2 is 1.89 bits per heavy atom. The van der Waals surface area contributed by atoms with Gasteiger partial charge in [0.15, 0.2) is 0 Å². The van der Waals surface area contributed by atoms with Crippen molar-refractivity contribution in [3.8, 4) is 0 Å². The predicted octanol–water partition coefficient (Wildman–Crippen LogP) is 2.64. The maximum atomic E-state index is 13.1. The fourth-order valence-corrected chi connectivity index (χ4v) is 2.29. The van der Waals surface area contributed by atoms with Crippen molar-refractivity contribution >= 4 is 50.8 Å². The Morgan fingerprint density at radius 1 is 1.21 bits per heavy atom. The zero-order chi connectivity index (χ0) is 14.0. The van der Waals surface area contributed by atoms with Gasteiger partial charge in [-0.05, 0) is 28.1 Å². The van der Waals surface area contributed by atoms with Crippen LogP contribution in [-0.2, 0) is 0 Å². The van der Waals surface area contributed by atoms with Gasteiger partial charge in [-0.15, -0.1) is 0 Å². The van der Waals surface area contributed by atoms with Crippen LogP contribution in [0.15, 0.2) is 22.7 Å². The molecule has 1 aromatic heterocycles. The molecule has 0 bridgehead atoms. The highest BCUT2D eigenvalue weighted by atomic mass is 79.9. The smallest absolute Gasteiger partial charge is 0.223 e. The number of halogens is 3. The van der Waals surface area contributed by atoms with Gasteiger partial charge in [0.1, 0.15) is 17.5 Å². The van der Waals surface area contributed by atoms with E-state index in [0.29, 0.717) is 21.8 Å². The fourth-order valence-electron chi connectivity index (χ4n) is 1.39. The standard InChI is InChI=1S/C10H9BrClFN6/c11-5-1-4(13)2-6(12)9(5)16-7-3-8(19-15)18-10(14)17-7/h1-3H,15H2,(H4,14,16,17,18,19). The lowest BCUT2D eigenvalue weighted by atomic mass is 10.3. The summed E-state index contributed by atoms with van der Waals surface area (Å²) >= 11 is 9.16. The predicted molar refractivity (Wildman–Crippen MR) is 76.6 cm³/mol. The molecule has 1 heterocycles. The first-order chi connectivity index (χ1) is 8.99. The molecule has 0 aliphatic heterocycles. The van der Waals surface area contributed by atoms with Gasteiger partial charge in [-0.1, -0.05) is 11.6 Å². The lowest BCUT2D eigenvalue weighted by Gasteiger charge is -2.11. The van der Waals surface area contributed by atoms with Crippen LogP contribution >= 0.6 is 27.5 Å². The second-order valence-electron chi connectivity index (χ2n) is 3.51. The number of nitrogens with one attached hydrogen (secondary N) is 2. The monoisotopic (exact) mass is 346 g/mol. The Hall–Kier alpha value is -1.64. The Labute approximate surface area is 121 Å². The van der Waals surface area contributed by atoms with E-state index in [0.717, 1.165) is 0 Å². The number of rotatable bonds is 3. The lowest BCUT2D eigenvalue weighted by Crippen LogP contribution is -2.11. The third-order valence-corrected chi connectivity index (χ3v) is 3.07. The Kier molecular flexibility index (Phi) is 4.03. The van der Waals surface area contributed by atoms with E-state index in [1.807, 2.05) is 0 Å². The quantitative estimate of drug-likeness (QED) is 0.503. The average molecular weight is 348 g/mol. The average Bonchev–Trinajstić information content (AvgIpc) is 2.33. The summed E-state index contributed by atoms with van der Waals surface area (Å²) in [6.45, 7) is 0. The van der Waals surface area contributed by atoms with E-state index >= 15 is 0 Å². The molecule has 0 saturated carbocycles. The minimum Gasteiger partial charge on any atom is -0.368 e. The van der Waals surface area contributed by atoms with Gasteiger partial charge < -0.3 is 16.5 Å². The van der Waals surface area contributed by atoms with E-state index in [1.54, 1.807) is 0 Å². The van der Waals surface area contributed by atoms with Gasteiger partial charge in [0, 0.05) is 10.5 Å². The van der Waals surface area contributed by atoms with Crippen molar-refractivity contribution in [3.63, 3.8) is 0 Å². The van der Waals surface area contributed by atoms with Crippen molar-refractivity contribution < 1.29 is 4.39 Å². The van der Waals surface area contributed by atoms with E-state index in [-0.39, 0.29) is 11.0 Å². The molecule has 0 aliphatic carbocycles. The maximum absolute atomic E-state index is 13.1. The molecular weight excluding hydrogens is 339 g/mol. The van der Waals surface area contributed by atoms with Gasteiger partial charge in [-0.2, -0.15) is 9.97 Å². The summed E-state index contributed by atoms with van der Waals surface area (Å²) in [7, 11) is 0. The third-order valence-electron chi connectivity index (χ3n) is 2.15. The zero-order valence-electron chi connectivity index (χ0n) is 9.42. The molecular formula is C10H9BrClFN6. The highest BCUT2D eigenvalue weighted by Gasteiger charge is 2.10. The van der Waals surface area contributed by atoms with Crippen molar-refractivity contribution in [1.29, 1.82) is 0 Å². The van der Waals surface area contributed by atoms with Crippen LogP contribution in [0.2, 0.25) is 5.02 Å². The van der Waals surface area contributed by atoms with Gasteiger partial charge in [0.05, 0.1) is 10.7 Å². The van der Waals surface area contributed by atoms with E-state index < -0.39 is 5.82 Å². The first-order valence-electron chi connectivity index (χ1n) is 5.02. The highest BCUT2D eigenvalue weighted by molar-refractivity contribution is 9.10. The minimum absolute atomic E-state index is 0.0345. The summed E-state index contributed by atoms with van der Waals surface area (Å²) < 4.78 is 13.6. The molecule has 0 spiro atoms. The van der Waals surface area contributed by atoms with E-state index in [1.165, 1.54) is 18.2 Å². The second-order valence-corrected chi connectivity index (χ2v) is 4.77. The minimum atomic E-state index is -0.450. The maximum Gasteiger partial charge on any atom is 0.223 e. The van der Waals surface area contributed by atoms with E-state index in [2.05, 4.69) is 36.6 Å². The van der Waals surface area contributed by atoms with Crippen LogP contribution in [0, 0.1) is 5.82 Å². The molecule has 0 radical (unpaired) electrons. The topological polar surface area (TPSA) is 102 Å². The number of benzene rings is 1. The van der Waals surface area contributed by atoms with Crippen molar-refractivity contribution in [1.82, 2.24) is 9.97 Å². The number of nitrogens with zero attached hydrogens (tertiary/aromatic N) is 2. The number of aromatic nitrogens is 2. The molecule has 19 heavy (non-hydrogen) atoms. The van der Waals surface area contributed by atoms with Gasteiger partial charge in [0.2, 0.25) is 5.95 Å². The SMILES string of the molecule is NNc1cc(Nc2c(Cl)cc(F)cc2Br)nc(N)n1. The Balaban J connectivity index is 2.39. The molecule has 0 atom stereocenters. The molecule has 0 fully saturated rings. The summed E-state index contributed by atoms with van der Waals surface area (Å²) in [6.07, 6.45) is 0. The van der Waals surface area contributed by atoms with Gasteiger partial charge in [-0.25, -0.2) is 10.2 Å². The molecule has 1 aromatic carbocycles.